The fourth-order valence-electron chi connectivity index (χ4n) is 1.05. The van der Waals surface area contributed by atoms with Crippen molar-refractivity contribution in [1.29, 1.82) is 0 Å². The fourth-order valence-corrected chi connectivity index (χ4v) is 1.05. The number of ketones is 1. The number of esters is 1. The first-order chi connectivity index (χ1) is 7.15. The molecule has 0 saturated heterocycles. The van der Waals surface area contributed by atoms with Crippen LogP contribution in [0.4, 0.5) is 0 Å². The summed E-state index contributed by atoms with van der Waals surface area (Å²) in [6, 6.07) is 4.66. The highest BCUT2D eigenvalue weighted by Crippen LogP contribution is 1.95. The highest BCUT2D eigenvalue weighted by molar-refractivity contribution is 6.33. The number of aromatic nitrogens is 1. The second-order valence-corrected chi connectivity index (χ2v) is 2.84. The number of nitrogens with zero attached hydrogens (tertiary/aromatic N) is 1. The van der Waals surface area contributed by atoms with Crippen molar-refractivity contribution in [1.82, 2.24) is 0 Å². The molecule has 0 aliphatic heterocycles. The van der Waals surface area contributed by atoms with Gasteiger partial charge in [-0.2, -0.15) is 4.73 Å². The second-order valence-electron chi connectivity index (χ2n) is 2.84. The van der Waals surface area contributed by atoms with E-state index in [9.17, 15) is 14.8 Å². The lowest BCUT2D eigenvalue weighted by Crippen LogP contribution is -2.34. The van der Waals surface area contributed by atoms with Crippen LogP contribution in [0.15, 0.2) is 24.4 Å². The SMILES string of the molecule is CCOC(=O)C(=O)Cc1cccc[n+]1[O-]. The van der Waals surface area contributed by atoms with Crippen LogP contribution in [0.5, 0.6) is 0 Å². The molecule has 0 radical (unpaired) electrons. The number of pyridine rings is 1. The predicted octanol–water partition coefficient (Wildman–Crippen LogP) is -0.00530. The first-order valence-corrected chi connectivity index (χ1v) is 4.52. The zero-order valence-corrected chi connectivity index (χ0v) is 8.30. The van der Waals surface area contributed by atoms with Crippen LogP contribution in [-0.4, -0.2) is 18.4 Å². The smallest absolute Gasteiger partial charge is 0.375 e. The van der Waals surface area contributed by atoms with E-state index < -0.39 is 11.8 Å². The third-order valence-corrected chi connectivity index (χ3v) is 1.75. The Morgan fingerprint density at radius 2 is 2.20 bits per heavy atom. The summed E-state index contributed by atoms with van der Waals surface area (Å²) < 4.78 is 5.07. The van der Waals surface area contributed by atoms with E-state index in [2.05, 4.69) is 4.74 Å². The molecule has 0 amide bonds. The minimum Gasteiger partial charge on any atom is -0.618 e. The molecule has 0 unspecified atom stereocenters. The van der Waals surface area contributed by atoms with Gasteiger partial charge in [-0.05, 0) is 13.0 Å². The van der Waals surface area contributed by atoms with E-state index in [1.807, 2.05) is 0 Å². The molecule has 1 heterocycles. The molecule has 0 aliphatic rings. The molecule has 0 aromatic carbocycles. The first kappa shape index (κ1) is 11.2. The molecule has 80 valence electrons. The molecule has 1 rings (SSSR count). The van der Waals surface area contributed by atoms with Gasteiger partial charge >= 0.3 is 5.97 Å². The van der Waals surface area contributed by atoms with Crippen molar-refractivity contribution in [3.8, 4) is 0 Å². The summed E-state index contributed by atoms with van der Waals surface area (Å²) in [5.41, 5.74) is 0.232. The molecule has 5 nitrogen and oxygen atoms in total. The predicted molar refractivity (Wildman–Crippen MR) is 50.7 cm³/mol. The van der Waals surface area contributed by atoms with Gasteiger partial charge in [-0.15, -0.1) is 0 Å². The largest absolute Gasteiger partial charge is 0.618 e. The van der Waals surface area contributed by atoms with Gasteiger partial charge in [0.1, 0.15) is 6.42 Å². The van der Waals surface area contributed by atoms with Crippen molar-refractivity contribution >= 4 is 11.8 Å². The van der Waals surface area contributed by atoms with Gasteiger partial charge in [0.15, 0.2) is 6.20 Å². The van der Waals surface area contributed by atoms with Gasteiger partial charge in [-0.3, -0.25) is 4.79 Å². The molecule has 5 heteroatoms. The average Bonchev–Trinajstić information content (AvgIpc) is 2.21. The van der Waals surface area contributed by atoms with E-state index in [4.69, 9.17) is 0 Å². The number of hydrogen-bond donors (Lipinski definition) is 0. The van der Waals surface area contributed by atoms with Crippen LogP contribution >= 0.6 is 0 Å². The van der Waals surface area contributed by atoms with Crippen molar-refractivity contribution in [2.45, 2.75) is 13.3 Å². The van der Waals surface area contributed by atoms with Gasteiger partial charge in [0, 0.05) is 12.1 Å². The number of Topliss-reactive ketones (excluding diaryl/α,β-unsaturated/α-hetero) is 1. The summed E-state index contributed by atoms with van der Waals surface area (Å²) in [6.45, 7) is 1.76. The van der Waals surface area contributed by atoms with Gasteiger partial charge in [-0.1, -0.05) is 0 Å². The maximum absolute atomic E-state index is 11.2. The molecule has 15 heavy (non-hydrogen) atoms. The molecule has 1 aromatic heterocycles. The van der Waals surface area contributed by atoms with Crippen molar-refractivity contribution < 1.29 is 19.1 Å². The summed E-state index contributed by atoms with van der Waals surface area (Å²) >= 11 is 0. The van der Waals surface area contributed by atoms with Crippen molar-refractivity contribution in [2.75, 3.05) is 6.61 Å². The lowest BCUT2D eigenvalue weighted by atomic mass is 10.2. The van der Waals surface area contributed by atoms with Crippen LogP contribution in [0, 0.1) is 5.21 Å². The highest BCUT2D eigenvalue weighted by atomic mass is 16.5. The Labute approximate surface area is 86.9 Å². The number of rotatable bonds is 4. The number of carbonyl (C=O) groups is 2. The molecule has 0 saturated carbocycles. The number of ether oxygens (including phenoxy) is 1. The van der Waals surface area contributed by atoms with E-state index in [1.165, 1.54) is 12.3 Å². The van der Waals surface area contributed by atoms with Crippen LogP contribution in [0.2, 0.25) is 0 Å². The van der Waals surface area contributed by atoms with Crippen LogP contribution in [-0.2, 0) is 20.7 Å². The minimum absolute atomic E-state index is 0.150. The molecule has 0 spiro atoms. The molecular formula is C10H11NO4. The number of carbonyl (C=O) groups excluding carboxylic acids is 2. The Balaban J connectivity index is 2.67. The van der Waals surface area contributed by atoms with Crippen LogP contribution in [0.25, 0.3) is 0 Å². The summed E-state index contributed by atoms with van der Waals surface area (Å²) in [4.78, 5) is 22.2. The minimum atomic E-state index is -0.902. The Hall–Kier alpha value is -1.91. The molecule has 0 N–H and O–H groups in total. The van der Waals surface area contributed by atoms with E-state index in [1.54, 1.807) is 19.1 Å². The zero-order valence-electron chi connectivity index (χ0n) is 8.30. The molecule has 0 aliphatic carbocycles. The third kappa shape index (κ3) is 3.05. The third-order valence-electron chi connectivity index (χ3n) is 1.75. The average molecular weight is 209 g/mol. The van der Waals surface area contributed by atoms with Crippen molar-refractivity contribution in [2.24, 2.45) is 0 Å². The summed E-state index contributed by atoms with van der Waals surface area (Å²) in [5.74, 6) is -1.62. The number of hydrogen-bond acceptors (Lipinski definition) is 4. The first-order valence-electron chi connectivity index (χ1n) is 4.52. The molecule has 0 bridgehead atoms. The molecule has 1 aromatic rings. The summed E-state index contributed by atoms with van der Waals surface area (Å²) in [5, 5.41) is 11.1. The standard InChI is InChI=1S/C10H11NO4/c1-2-15-10(13)9(12)7-8-5-3-4-6-11(8)14/h3-6H,2,7H2,1H3. The normalized spacial score (nSPS) is 9.67. The highest BCUT2D eigenvalue weighted by Gasteiger charge is 2.19. The van der Waals surface area contributed by atoms with Crippen LogP contribution in [0.3, 0.4) is 0 Å². The Bertz CT molecular complexity index is 375. The quantitative estimate of drug-likeness (QED) is 0.303. The van der Waals surface area contributed by atoms with E-state index in [0.29, 0.717) is 4.73 Å². The zero-order chi connectivity index (χ0) is 11.3. The molecular weight excluding hydrogens is 198 g/mol. The molecule has 0 atom stereocenters. The van der Waals surface area contributed by atoms with Crippen LogP contribution in [0.1, 0.15) is 12.6 Å². The Morgan fingerprint density at radius 3 is 2.80 bits per heavy atom. The van der Waals surface area contributed by atoms with Gasteiger partial charge in [-0.25, -0.2) is 4.79 Å². The Morgan fingerprint density at radius 1 is 1.47 bits per heavy atom. The van der Waals surface area contributed by atoms with Gasteiger partial charge < -0.3 is 9.94 Å². The van der Waals surface area contributed by atoms with Gasteiger partial charge in [0.05, 0.1) is 6.61 Å². The maximum atomic E-state index is 11.2. The fraction of sp³-hybridized carbons (Fsp3) is 0.300. The van der Waals surface area contributed by atoms with Crippen LogP contribution < -0.4 is 4.73 Å². The monoisotopic (exact) mass is 209 g/mol. The van der Waals surface area contributed by atoms with Gasteiger partial charge in [0.25, 0.3) is 5.78 Å². The van der Waals surface area contributed by atoms with Crippen molar-refractivity contribution in [3.05, 3.63) is 35.3 Å². The summed E-state index contributed by atoms with van der Waals surface area (Å²) in [7, 11) is 0. The Kier molecular flexibility index (Phi) is 3.79. The second kappa shape index (κ2) is 5.09. The topological polar surface area (TPSA) is 70.3 Å². The molecule has 0 fully saturated rings. The lowest BCUT2D eigenvalue weighted by molar-refractivity contribution is -0.613. The van der Waals surface area contributed by atoms with E-state index in [-0.39, 0.29) is 18.7 Å². The van der Waals surface area contributed by atoms with Crippen molar-refractivity contribution in [3.63, 3.8) is 0 Å². The van der Waals surface area contributed by atoms with E-state index >= 15 is 0 Å². The van der Waals surface area contributed by atoms with E-state index in [0.717, 1.165) is 0 Å². The summed E-state index contributed by atoms with van der Waals surface area (Å²) in [6.07, 6.45) is 1.04. The van der Waals surface area contributed by atoms with Gasteiger partial charge in [0.2, 0.25) is 5.69 Å². The maximum Gasteiger partial charge on any atom is 0.375 e. The lowest BCUT2D eigenvalue weighted by Gasteiger charge is -2.02.